The molecule has 0 saturated carbocycles. The first-order chi connectivity index (χ1) is 10.1. The van der Waals surface area contributed by atoms with Crippen molar-refractivity contribution in [2.75, 3.05) is 5.73 Å². The largest absolute Gasteiger partial charge is 0.398 e. The van der Waals surface area contributed by atoms with Crippen LogP contribution in [0.1, 0.15) is 5.82 Å². The third kappa shape index (κ3) is 3.11. The fraction of sp³-hybridized carbons (Fsp3) is 0.0667. The minimum absolute atomic E-state index is 0.113. The van der Waals surface area contributed by atoms with Crippen LogP contribution in [-0.2, 0) is 5.75 Å². The van der Waals surface area contributed by atoms with Gasteiger partial charge in [0.25, 0.3) is 5.56 Å². The molecule has 4 nitrogen and oxygen atoms in total. The average molecular weight is 362 g/mol. The number of nitrogen functional groups attached to an aromatic ring is 1. The zero-order valence-electron chi connectivity index (χ0n) is 11.0. The SMILES string of the molecule is Nc1ccc(Br)cc1SCc1nc2ccccc2c(=O)[nH]1. The van der Waals surface area contributed by atoms with Crippen molar-refractivity contribution in [2.24, 2.45) is 0 Å². The number of hydrogen-bond acceptors (Lipinski definition) is 4. The van der Waals surface area contributed by atoms with E-state index in [1.165, 1.54) is 0 Å². The summed E-state index contributed by atoms with van der Waals surface area (Å²) >= 11 is 4.97. The van der Waals surface area contributed by atoms with Gasteiger partial charge in [0, 0.05) is 15.1 Å². The number of benzene rings is 2. The summed E-state index contributed by atoms with van der Waals surface area (Å²) in [4.78, 5) is 20.2. The van der Waals surface area contributed by atoms with Gasteiger partial charge in [0.05, 0.1) is 16.7 Å². The number of thioether (sulfide) groups is 1. The lowest BCUT2D eigenvalue weighted by atomic mass is 10.2. The molecule has 2 aromatic carbocycles. The Balaban J connectivity index is 1.88. The molecule has 0 aliphatic carbocycles. The van der Waals surface area contributed by atoms with Gasteiger partial charge < -0.3 is 10.7 Å². The monoisotopic (exact) mass is 361 g/mol. The van der Waals surface area contributed by atoms with E-state index in [9.17, 15) is 4.79 Å². The molecule has 3 aromatic rings. The number of halogens is 1. The second-order valence-corrected chi connectivity index (χ2v) is 6.43. The number of anilines is 1. The van der Waals surface area contributed by atoms with E-state index < -0.39 is 0 Å². The Labute approximate surface area is 133 Å². The van der Waals surface area contributed by atoms with Gasteiger partial charge in [0.15, 0.2) is 0 Å². The maximum atomic E-state index is 12.0. The van der Waals surface area contributed by atoms with E-state index in [0.29, 0.717) is 28.2 Å². The van der Waals surface area contributed by atoms with E-state index in [1.54, 1.807) is 17.8 Å². The van der Waals surface area contributed by atoms with Crippen LogP contribution in [0.25, 0.3) is 10.9 Å². The first kappa shape index (κ1) is 14.2. The zero-order valence-corrected chi connectivity index (χ0v) is 13.4. The van der Waals surface area contributed by atoms with Gasteiger partial charge in [-0.15, -0.1) is 11.8 Å². The molecule has 1 aromatic heterocycles. The van der Waals surface area contributed by atoms with Gasteiger partial charge in [0.2, 0.25) is 0 Å². The molecule has 1 heterocycles. The Morgan fingerprint density at radius 3 is 2.90 bits per heavy atom. The molecule has 0 amide bonds. The standard InChI is InChI=1S/C15H12BrN3OS/c16-9-5-6-11(17)13(7-9)21-8-14-18-12-4-2-1-3-10(12)15(20)19-14/h1-7H,8,17H2,(H,18,19,20). The van der Waals surface area contributed by atoms with Gasteiger partial charge in [-0.1, -0.05) is 28.1 Å². The first-order valence-electron chi connectivity index (χ1n) is 6.29. The molecule has 0 saturated heterocycles. The molecule has 0 spiro atoms. The Morgan fingerprint density at radius 1 is 1.24 bits per heavy atom. The summed E-state index contributed by atoms with van der Waals surface area (Å²) in [5.41, 5.74) is 7.25. The van der Waals surface area contributed by atoms with E-state index in [2.05, 4.69) is 25.9 Å². The van der Waals surface area contributed by atoms with E-state index in [0.717, 1.165) is 9.37 Å². The minimum atomic E-state index is -0.113. The van der Waals surface area contributed by atoms with Crippen molar-refractivity contribution in [2.45, 2.75) is 10.6 Å². The first-order valence-corrected chi connectivity index (χ1v) is 8.07. The van der Waals surface area contributed by atoms with Gasteiger partial charge >= 0.3 is 0 Å². The lowest BCUT2D eigenvalue weighted by Crippen LogP contribution is -2.11. The van der Waals surface area contributed by atoms with Crippen LogP contribution in [0.4, 0.5) is 5.69 Å². The fourth-order valence-electron chi connectivity index (χ4n) is 1.98. The van der Waals surface area contributed by atoms with E-state index >= 15 is 0 Å². The zero-order chi connectivity index (χ0) is 14.8. The maximum Gasteiger partial charge on any atom is 0.258 e. The lowest BCUT2D eigenvalue weighted by Gasteiger charge is -2.06. The van der Waals surface area contributed by atoms with E-state index in [4.69, 9.17) is 5.73 Å². The van der Waals surface area contributed by atoms with Crippen molar-refractivity contribution in [1.29, 1.82) is 0 Å². The lowest BCUT2D eigenvalue weighted by molar-refractivity contribution is 1.04. The normalized spacial score (nSPS) is 10.9. The molecule has 106 valence electrons. The summed E-state index contributed by atoms with van der Waals surface area (Å²) in [7, 11) is 0. The van der Waals surface area contributed by atoms with Crippen LogP contribution in [0.3, 0.4) is 0 Å². The number of nitrogens with zero attached hydrogens (tertiary/aromatic N) is 1. The molecule has 21 heavy (non-hydrogen) atoms. The van der Waals surface area contributed by atoms with Gasteiger partial charge in [-0.2, -0.15) is 0 Å². The number of para-hydroxylation sites is 1. The van der Waals surface area contributed by atoms with Crippen LogP contribution >= 0.6 is 27.7 Å². The summed E-state index contributed by atoms with van der Waals surface area (Å²) in [6.45, 7) is 0. The number of rotatable bonds is 3. The van der Waals surface area contributed by atoms with Crippen molar-refractivity contribution < 1.29 is 0 Å². The van der Waals surface area contributed by atoms with Crippen molar-refractivity contribution >= 4 is 44.3 Å². The summed E-state index contributed by atoms with van der Waals surface area (Å²) in [5.74, 6) is 1.20. The Hall–Kier alpha value is -1.79. The van der Waals surface area contributed by atoms with Crippen molar-refractivity contribution in [3.05, 3.63) is 63.1 Å². The Bertz CT molecular complexity index is 863. The topological polar surface area (TPSA) is 71.8 Å². The predicted molar refractivity (Wildman–Crippen MR) is 90.5 cm³/mol. The maximum absolute atomic E-state index is 12.0. The second kappa shape index (κ2) is 5.91. The molecule has 0 aliphatic heterocycles. The van der Waals surface area contributed by atoms with E-state index in [-0.39, 0.29) is 5.56 Å². The minimum Gasteiger partial charge on any atom is -0.398 e. The van der Waals surface area contributed by atoms with Crippen LogP contribution in [0.15, 0.2) is 56.6 Å². The highest BCUT2D eigenvalue weighted by Gasteiger charge is 2.06. The number of aromatic nitrogens is 2. The Kier molecular flexibility index (Phi) is 3.98. The van der Waals surface area contributed by atoms with Crippen LogP contribution in [0.2, 0.25) is 0 Å². The van der Waals surface area contributed by atoms with Crippen molar-refractivity contribution in [3.8, 4) is 0 Å². The van der Waals surface area contributed by atoms with Gasteiger partial charge in [-0.3, -0.25) is 4.79 Å². The molecule has 3 rings (SSSR count). The highest BCUT2D eigenvalue weighted by molar-refractivity contribution is 9.10. The summed E-state index contributed by atoms with van der Waals surface area (Å²) in [6.07, 6.45) is 0. The van der Waals surface area contributed by atoms with Crippen LogP contribution < -0.4 is 11.3 Å². The third-order valence-electron chi connectivity index (χ3n) is 3.00. The quantitative estimate of drug-likeness (QED) is 0.552. The smallest absolute Gasteiger partial charge is 0.258 e. The van der Waals surface area contributed by atoms with Crippen molar-refractivity contribution in [3.63, 3.8) is 0 Å². The van der Waals surface area contributed by atoms with Crippen LogP contribution in [-0.4, -0.2) is 9.97 Å². The van der Waals surface area contributed by atoms with Crippen LogP contribution in [0.5, 0.6) is 0 Å². The number of aromatic amines is 1. The Morgan fingerprint density at radius 2 is 2.05 bits per heavy atom. The molecular weight excluding hydrogens is 350 g/mol. The van der Waals surface area contributed by atoms with Crippen LogP contribution in [0, 0.1) is 0 Å². The average Bonchev–Trinajstić information content (AvgIpc) is 2.48. The van der Waals surface area contributed by atoms with Gasteiger partial charge in [-0.25, -0.2) is 4.98 Å². The molecule has 6 heteroatoms. The van der Waals surface area contributed by atoms with Crippen molar-refractivity contribution in [1.82, 2.24) is 9.97 Å². The molecule has 0 aliphatic rings. The molecule has 3 N–H and O–H groups in total. The molecule has 0 fully saturated rings. The highest BCUT2D eigenvalue weighted by Crippen LogP contribution is 2.30. The molecular formula is C15H12BrN3OS. The second-order valence-electron chi connectivity index (χ2n) is 4.50. The summed E-state index contributed by atoms with van der Waals surface area (Å²) in [5, 5.41) is 0.605. The van der Waals surface area contributed by atoms with E-state index in [1.807, 2.05) is 36.4 Å². The fourth-order valence-corrected chi connectivity index (χ4v) is 3.37. The highest BCUT2D eigenvalue weighted by atomic mass is 79.9. The number of hydrogen-bond donors (Lipinski definition) is 2. The number of nitrogens with one attached hydrogen (secondary N) is 1. The third-order valence-corrected chi connectivity index (χ3v) is 4.58. The molecule has 0 radical (unpaired) electrons. The molecule has 0 unspecified atom stereocenters. The number of H-pyrrole nitrogens is 1. The predicted octanol–water partition coefficient (Wildman–Crippen LogP) is 3.56. The molecule has 0 bridgehead atoms. The summed E-state index contributed by atoms with van der Waals surface area (Å²) < 4.78 is 0.971. The summed E-state index contributed by atoms with van der Waals surface area (Å²) in [6, 6.07) is 13.0. The van der Waals surface area contributed by atoms with Gasteiger partial charge in [-0.05, 0) is 30.3 Å². The van der Waals surface area contributed by atoms with Gasteiger partial charge in [0.1, 0.15) is 5.82 Å². The molecule has 0 atom stereocenters. The number of nitrogens with two attached hydrogens (primary N) is 1. The number of fused-ring (bicyclic) bond motifs is 1.